The summed E-state index contributed by atoms with van der Waals surface area (Å²) in [5, 5.41) is 0. The molecule has 6 heteroatoms. The number of carbonyl (C=O) groups excluding carboxylic acids is 1. The Morgan fingerprint density at radius 3 is 2.25 bits per heavy atom. The van der Waals surface area contributed by atoms with E-state index in [0.717, 1.165) is 0 Å². The monoisotopic (exact) mass is 138 g/mol. The van der Waals surface area contributed by atoms with E-state index in [1.165, 1.54) is 4.83 Å². The van der Waals surface area contributed by atoms with E-state index in [4.69, 9.17) is 0 Å². The highest BCUT2D eigenvalue weighted by molar-refractivity contribution is 7.90. The van der Waals surface area contributed by atoms with Crippen molar-refractivity contribution in [3.63, 3.8) is 0 Å². The second-order valence-electron chi connectivity index (χ2n) is 1.07. The van der Waals surface area contributed by atoms with Crippen LogP contribution in [0.2, 0.25) is 0 Å². The summed E-state index contributed by atoms with van der Waals surface area (Å²) in [6, 6.07) is 0. The number of nitrogens with two attached hydrogens (primary N) is 1. The molecule has 48 valence electrons. The first-order valence-corrected chi connectivity index (χ1v) is 3.41. The molecular weight excluding hydrogens is 132 g/mol. The lowest BCUT2D eigenvalue weighted by Gasteiger charge is -1.91. The van der Waals surface area contributed by atoms with Crippen molar-refractivity contribution in [2.24, 2.45) is 5.84 Å². The predicted octanol–water partition coefficient (Wildman–Crippen LogP) is -2.02. The Balaban J connectivity index is 3.94. The van der Waals surface area contributed by atoms with Gasteiger partial charge in [-0.1, -0.05) is 0 Å². The summed E-state index contributed by atoms with van der Waals surface area (Å²) in [7, 11) is -3.51. The first-order valence-electron chi connectivity index (χ1n) is 1.76. The van der Waals surface area contributed by atoms with Crippen LogP contribution in [0.15, 0.2) is 0 Å². The molecule has 0 radical (unpaired) electrons. The number of hydrogen-bond acceptors (Lipinski definition) is 4. The molecule has 0 rings (SSSR count). The normalized spacial score (nSPS) is 11.1. The van der Waals surface area contributed by atoms with Gasteiger partial charge >= 0.3 is 0 Å². The van der Waals surface area contributed by atoms with Crippen LogP contribution in [-0.4, -0.2) is 20.5 Å². The lowest BCUT2D eigenvalue weighted by molar-refractivity contribution is -0.105. The van der Waals surface area contributed by atoms with Gasteiger partial charge in [-0.3, -0.25) is 5.84 Å². The van der Waals surface area contributed by atoms with Crippen molar-refractivity contribution in [1.82, 2.24) is 4.83 Å². The standard InChI is InChI=1S/C2H6N2O3S/c3-4-8(6,7)2-1-5/h1,4H,2-3H2. The van der Waals surface area contributed by atoms with Gasteiger partial charge in [0.2, 0.25) is 10.0 Å². The highest BCUT2D eigenvalue weighted by Crippen LogP contribution is 1.72. The zero-order valence-electron chi connectivity index (χ0n) is 3.99. The van der Waals surface area contributed by atoms with Crippen molar-refractivity contribution in [2.75, 3.05) is 5.75 Å². The predicted molar refractivity (Wildman–Crippen MR) is 27.2 cm³/mol. The summed E-state index contributed by atoms with van der Waals surface area (Å²) in [6.07, 6.45) is 0.259. The van der Waals surface area contributed by atoms with E-state index in [0.29, 0.717) is 0 Å². The minimum absolute atomic E-state index is 0.259. The molecule has 0 heterocycles. The van der Waals surface area contributed by atoms with Gasteiger partial charge < -0.3 is 4.79 Å². The van der Waals surface area contributed by atoms with E-state index in [2.05, 4.69) is 5.84 Å². The fraction of sp³-hybridized carbons (Fsp3) is 0.500. The molecule has 0 unspecified atom stereocenters. The van der Waals surface area contributed by atoms with Crippen LogP contribution in [0.25, 0.3) is 0 Å². The van der Waals surface area contributed by atoms with Gasteiger partial charge in [-0.2, -0.15) is 4.83 Å². The number of aldehydes is 1. The molecule has 0 fully saturated rings. The molecule has 0 saturated heterocycles. The number of hydrogen-bond donors (Lipinski definition) is 2. The van der Waals surface area contributed by atoms with Crippen LogP contribution in [0.4, 0.5) is 0 Å². The summed E-state index contributed by atoms with van der Waals surface area (Å²) in [5.41, 5.74) is 0. The van der Waals surface area contributed by atoms with Crippen molar-refractivity contribution in [1.29, 1.82) is 0 Å². The van der Waals surface area contributed by atoms with Crippen molar-refractivity contribution in [3.05, 3.63) is 0 Å². The van der Waals surface area contributed by atoms with Crippen LogP contribution >= 0.6 is 0 Å². The highest BCUT2D eigenvalue weighted by Gasteiger charge is 2.02. The lowest BCUT2D eigenvalue weighted by atomic mass is 10.9. The minimum atomic E-state index is -3.51. The second-order valence-corrected chi connectivity index (χ2v) is 2.86. The third-order valence-electron chi connectivity index (χ3n) is 0.467. The molecular formula is C2H6N2O3S. The Morgan fingerprint density at radius 2 is 2.12 bits per heavy atom. The summed E-state index contributed by atoms with van der Waals surface area (Å²) < 4.78 is 20.3. The number of carbonyl (C=O) groups is 1. The summed E-state index contributed by atoms with van der Waals surface area (Å²) in [4.78, 5) is 11.0. The fourth-order valence-electron chi connectivity index (χ4n) is 0.138. The second kappa shape index (κ2) is 2.75. The molecule has 0 bridgehead atoms. The Labute approximate surface area is 46.9 Å². The largest absolute Gasteiger partial charge is 0.302 e. The molecule has 0 aliphatic carbocycles. The molecule has 0 aromatic heterocycles. The molecule has 0 spiro atoms. The van der Waals surface area contributed by atoms with Crippen molar-refractivity contribution in [2.45, 2.75) is 0 Å². The topological polar surface area (TPSA) is 89.3 Å². The zero-order valence-corrected chi connectivity index (χ0v) is 4.81. The first kappa shape index (κ1) is 7.54. The molecule has 3 N–H and O–H groups in total. The van der Waals surface area contributed by atoms with Gasteiger partial charge in [-0.25, -0.2) is 8.42 Å². The van der Waals surface area contributed by atoms with Gasteiger partial charge in [0.1, 0.15) is 12.0 Å². The number of hydrazine groups is 1. The lowest BCUT2D eigenvalue weighted by Crippen LogP contribution is -2.32. The highest BCUT2D eigenvalue weighted by atomic mass is 32.2. The maximum absolute atomic E-state index is 10.1. The molecule has 0 saturated carbocycles. The van der Waals surface area contributed by atoms with Gasteiger partial charge in [0, 0.05) is 0 Å². The Hall–Kier alpha value is -0.460. The molecule has 0 aromatic carbocycles. The van der Waals surface area contributed by atoms with Crippen LogP contribution in [-0.2, 0) is 14.8 Å². The van der Waals surface area contributed by atoms with E-state index in [9.17, 15) is 13.2 Å². The Bertz CT molecular complexity index is 160. The van der Waals surface area contributed by atoms with Gasteiger partial charge in [0.25, 0.3) is 0 Å². The van der Waals surface area contributed by atoms with Crippen LogP contribution in [0.5, 0.6) is 0 Å². The molecule has 0 amide bonds. The summed E-state index contributed by atoms with van der Waals surface area (Å²) in [6.45, 7) is 0. The Morgan fingerprint density at radius 1 is 1.62 bits per heavy atom. The maximum Gasteiger partial charge on any atom is 0.230 e. The number of nitrogens with one attached hydrogen (secondary N) is 1. The molecule has 0 aromatic rings. The van der Waals surface area contributed by atoms with Crippen molar-refractivity contribution in [3.8, 4) is 0 Å². The van der Waals surface area contributed by atoms with Gasteiger partial charge in [-0.15, -0.1) is 0 Å². The van der Waals surface area contributed by atoms with E-state index in [-0.39, 0.29) is 6.29 Å². The smallest absolute Gasteiger partial charge is 0.230 e. The third kappa shape index (κ3) is 2.67. The molecule has 0 atom stereocenters. The van der Waals surface area contributed by atoms with E-state index >= 15 is 0 Å². The summed E-state index contributed by atoms with van der Waals surface area (Å²) >= 11 is 0. The first-order chi connectivity index (χ1) is 3.62. The van der Waals surface area contributed by atoms with Crippen LogP contribution in [0.1, 0.15) is 0 Å². The van der Waals surface area contributed by atoms with E-state index in [1.807, 2.05) is 0 Å². The van der Waals surface area contributed by atoms with Gasteiger partial charge in [0.15, 0.2) is 0 Å². The number of sulfonamides is 1. The quantitative estimate of drug-likeness (QED) is 0.267. The van der Waals surface area contributed by atoms with Gasteiger partial charge in [0.05, 0.1) is 0 Å². The molecule has 8 heavy (non-hydrogen) atoms. The number of rotatable bonds is 3. The van der Waals surface area contributed by atoms with Crippen LogP contribution < -0.4 is 10.7 Å². The third-order valence-corrected chi connectivity index (χ3v) is 1.40. The van der Waals surface area contributed by atoms with E-state index < -0.39 is 15.8 Å². The van der Waals surface area contributed by atoms with Crippen molar-refractivity contribution >= 4 is 16.3 Å². The SMILES string of the molecule is NNS(=O)(=O)CC=O. The average molecular weight is 138 g/mol. The molecule has 5 nitrogen and oxygen atoms in total. The maximum atomic E-state index is 10.1. The molecule has 0 aliphatic heterocycles. The Kier molecular flexibility index (Phi) is 2.59. The van der Waals surface area contributed by atoms with Crippen LogP contribution in [0, 0.1) is 0 Å². The summed E-state index contributed by atoms with van der Waals surface area (Å²) in [5.74, 6) is 3.92. The molecule has 0 aliphatic rings. The van der Waals surface area contributed by atoms with Gasteiger partial charge in [-0.05, 0) is 0 Å². The van der Waals surface area contributed by atoms with Crippen molar-refractivity contribution < 1.29 is 13.2 Å². The van der Waals surface area contributed by atoms with Crippen LogP contribution in [0.3, 0.4) is 0 Å². The average Bonchev–Trinajstić information content (AvgIpc) is 1.67. The fourth-order valence-corrected chi connectivity index (χ4v) is 0.413. The van der Waals surface area contributed by atoms with E-state index in [1.54, 1.807) is 0 Å². The minimum Gasteiger partial charge on any atom is -0.302 e. The zero-order chi connectivity index (χ0) is 6.62.